The molecule has 0 aliphatic heterocycles. The van der Waals surface area contributed by atoms with Gasteiger partial charge in [-0.05, 0) is 89.3 Å². The summed E-state index contributed by atoms with van der Waals surface area (Å²) in [5, 5.41) is 5.46. The second-order valence-corrected chi connectivity index (χ2v) is 16.6. The molecule has 2 aromatic heterocycles. The second-order valence-electron chi connectivity index (χ2n) is 15.6. The Balaban J connectivity index is 1.12. The van der Waals surface area contributed by atoms with Crippen molar-refractivity contribution >= 4 is 42.3 Å². The van der Waals surface area contributed by atoms with Crippen LogP contribution in [0.1, 0.15) is 43.2 Å². The van der Waals surface area contributed by atoms with E-state index in [0.29, 0.717) is 23.5 Å². The minimum Gasteiger partial charge on any atom is -0.208 e. The van der Waals surface area contributed by atoms with Crippen molar-refractivity contribution in [2.75, 3.05) is 0 Å². The minimum atomic E-state index is 0.0398. The largest absolute Gasteiger partial charge is 0.208 e. The van der Waals surface area contributed by atoms with E-state index in [1.807, 2.05) is 23.5 Å². The zero-order valence-corrected chi connectivity index (χ0v) is 29.0. The second kappa shape index (κ2) is 10.4. The Morgan fingerprint density at radius 3 is 1.75 bits per heavy atom. The van der Waals surface area contributed by atoms with Crippen LogP contribution >= 0.6 is 11.3 Å². The molecule has 6 aromatic carbocycles. The number of hydrogen-bond acceptors (Lipinski definition) is 4. The van der Waals surface area contributed by atoms with Gasteiger partial charge >= 0.3 is 0 Å². The molecule has 4 saturated carbocycles. The van der Waals surface area contributed by atoms with Gasteiger partial charge < -0.3 is 0 Å². The van der Waals surface area contributed by atoms with E-state index in [2.05, 4.69) is 115 Å². The number of thiophene rings is 1. The fourth-order valence-electron chi connectivity index (χ4n) is 11.3. The van der Waals surface area contributed by atoms with E-state index in [4.69, 9.17) is 15.0 Å². The summed E-state index contributed by atoms with van der Waals surface area (Å²) < 4.78 is 2.86. The minimum absolute atomic E-state index is 0.0398. The predicted octanol–water partition coefficient (Wildman–Crippen LogP) is 12.1. The lowest BCUT2D eigenvalue weighted by atomic mass is 9.43. The molecule has 5 aliphatic rings. The van der Waals surface area contributed by atoms with Crippen LogP contribution in [0.25, 0.3) is 76.2 Å². The van der Waals surface area contributed by atoms with Crippen LogP contribution in [0.4, 0.5) is 0 Å². The quantitative estimate of drug-likeness (QED) is 0.187. The van der Waals surface area contributed by atoms with Crippen LogP contribution in [-0.4, -0.2) is 15.0 Å². The molecule has 244 valence electrons. The molecule has 0 N–H and O–H groups in total. The molecule has 2 heterocycles. The van der Waals surface area contributed by atoms with Crippen molar-refractivity contribution in [3.05, 3.63) is 139 Å². The predicted molar refractivity (Wildman–Crippen MR) is 210 cm³/mol. The van der Waals surface area contributed by atoms with Crippen molar-refractivity contribution in [1.82, 2.24) is 15.0 Å². The van der Waals surface area contributed by atoms with Crippen LogP contribution in [0.5, 0.6) is 0 Å². The lowest BCUT2D eigenvalue weighted by molar-refractivity contribution is -0.0399. The van der Waals surface area contributed by atoms with Crippen LogP contribution in [0.3, 0.4) is 0 Å². The van der Waals surface area contributed by atoms with Gasteiger partial charge in [-0.25, -0.2) is 15.0 Å². The monoisotopic (exact) mass is 673 g/mol. The number of fused-ring (bicyclic) bond motifs is 9. The van der Waals surface area contributed by atoms with Crippen LogP contribution in [0, 0.1) is 23.7 Å². The van der Waals surface area contributed by atoms with E-state index in [1.54, 1.807) is 5.56 Å². The third kappa shape index (κ3) is 3.92. The molecule has 4 heteroatoms. The molecule has 8 aromatic rings. The third-order valence-electron chi connectivity index (χ3n) is 13.1. The Kier molecular flexibility index (Phi) is 5.83. The Morgan fingerprint density at radius 1 is 0.471 bits per heavy atom. The standard InChI is InChI=1S/C47H35N3S/c1-3-10-30(11-4-1)44-48-45(31-12-5-2-6-13-31)50-46(49-44)32-16-18-38-40(26-32)47(33-22-27-21-28(24-33)25-34(47)23-27)39-20-19-37-36-17-15-29-9-7-8-14-35(29)42(36)51-43(37)41(38)39/h1-20,26-28,33-34H,21-25H2. The highest BCUT2D eigenvalue weighted by molar-refractivity contribution is 7.27. The molecule has 0 unspecified atom stereocenters. The zero-order valence-electron chi connectivity index (χ0n) is 28.2. The van der Waals surface area contributed by atoms with Gasteiger partial charge in [0.1, 0.15) is 0 Å². The summed E-state index contributed by atoms with van der Waals surface area (Å²) >= 11 is 2.01. The van der Waals surface area contributed by atoms with Gasteiger partial charge in [0.15, 0.2) is 17.5 Å². The molecule has 0 atom stereocenters. The third-order valence-corrected chi connectivity index (χ3v) is 14.4. The number of aromatic nitrogens is 3. The van der Waals surface area contributed by atoms with Crippen molar-refractivity contribution < 1.29 is 0 Å². The number of nitrogens with zero attached hydrogens (tertiary/aromatic N) is 3. The first-order valence-corrected chi connectivity index (χ1v) is 19.4. The van der Waals surface area contributed by atoms with Gasteiger partial charge in [-0.3, -0.25) is 0 Å². The molecule has 51 heavy (non-hydrogen) atoms. The molecule has 1 spiro atoms. The van der Waals surface area contributed by atoms with Crippen molar-refractivity contribution in [2.24, 2.45) is 23.7 Å². The van der Waals surface area contributed by atoms with Crippen molar-refractivity contribution in [3.63, 3.8) is 0 Å². The average Bonchev–Trinajstić information content (AvgIpc) is 3.71. The molecular weight excluding hydrogens is 639 g/mol. The molecule has 0 amide bonds. The van der Waals surface area contributed by atoms with Crippen molar-refractivity contribution in [3.8, 4) is 45.3 Å². The topological polar surface area (TPSA) is 38.7 Å². The highest BCUT2D eigenvalue weighted by Gasteiger charge is 2.61. The van der Waals surface area contributed by atoms with Crippen molar-refractivity contribution in [1.29, 1.82) is 0 Å². The number of rotatable bonds is 3. The van der Waals surface area contributed by atoms with E-state index in [9.17, 15) is 0 Å². The highest BCUT2D eigenvalue weighted by atomic mass is 32.1. The van der Waals surface area contributed by atoms with Gasteiger partial charge in [0.2, 0.25) is 0 Å². The highest BCUT2D eigenvalue weighted by Crippen LogP contribution is 2.70. The summed E-state index contributed by atoms with van der Waals surface area (Å²) in [5.41, 5.74) is 9.19. The van der Waals surface area contributed by atoms with Crippen molar-refractivity contribution in [2.45, 2.75) is 37.5 Å². The van der Waals surface area contributed by atoms with Crippen LogP contribution in [0.2, 0.25) is 0 Å². The van der Waals surface area contributed by atoms with Crippen LogP contribution < -0.4 is 0 Å². The van der Waals surface area contributed by atoms with Crippen LogP contribution in [-0.2, 0) is 5.41 Å². The van der Waals surface area contributed by atoms with Gasteiger partial charge in [0.25, 0.3) is 0 Å². The van der Waals surface area contributed by atoms with E-state index in [1.165, 1.54) is 79.7 Å². The molecule has 4 fully saturated rings. The Morgan fingerprint density at radius 2 is 1.06 bits per heavy atom. The molecule has 5 aliphatic carbocycles. The maximum atomic E-state index is 5.19. The van der Waals surface area contributed by atoms with E-state index in [0.717, 1.165) is 34.4 Å². The molecule has 4 bridgehead atoms. The van der Waals surface area contributed by atoms with Gasteiger partial charge in [0, 0.05) is 47.8 Å². The first kappa shape index (κ1) is 28.5. The molecule has 13 rings (SSSR count). The van der Waals surface area contributed by atoms with Gasteiger partial charge in [-0.2, -0.15) is 0 Å². The summed E-state index contributed by atoms with van der Waals surface area (Å²) in [4.78, 5) is 15.4. The Labute approximate surface area is 301 Å². The molecule has 0 saturated heterocycles. The molecule has 3 nitrogen and oxygen atoms in total. The number of hydrogen-bond donors (Lipinski definition) is 0. The summed E-state index contributed by atoms with van der Waals surface area (Å²) in [6, 6.07) is 46.5. The van der Waals surface area contributed by atoms with Gasteiger partial charge in [-0.1, -0.05) is 121 Å². The lowest BCUT2D eigenvalue weighted by Gasteiger charge is -2.61. The van der Waals surface area contributed by atoms with E-state index < -0.39 is 0 Å². The molecule has 0 radical (unpaired) electrons. The van der Waals surface area contributed by atoms with Gasteiger partial charge in [0.05, 0.1) is 0 Å². The first-order chi connectivity index (χ1) is 25.2. The maximum absolute atomic E-state index is 5.19. The zero-order chi connectivity index (χ0) is 33.3. The van der Waals surface area contributed by atoms with Gasteiger partial charge in [-0.15, -0.1) is 11.3 Å². The van der Waals surface area contributed by atoms with E-state index in [-0.39, 0.29) is 5.41 Å². The van der Waals surface area contributed by atoms with E-state index >= 15 is 0 Å². The maximum Gasteiger partial charge on any atom is 0.164 e. The fourth-order valence-corrected chi connectivity index (χ4v) is 12.7. The first-order valence-electron chi connectivity index (χ1n) is 18.6. The average molecular weight is 674 g/mol. The summed E-state index contributed by atoms with van der Waals surface area (Å²) in [6.07, 6.45) is 6.86. The fraction of sp³-hybridized carbons (Fsp3) is 0.213. The van der Waals surface area contributed by atoms with Crippen LogP contribution in [0.15, 0.2) is 127 Å². The summed E-state index contributed by atoms with van der Waals surface area (Å²) in [7, 11) is 0. The summed E-state index contributed by atoms with van der Waals surface area (Å²) in [6.45, 7) is 0. The smallest absolute Gasteiger partial charge is 0.164 e. The Hall–Kier alpha value is -5.19. The number of benzene rings is 6. The molecular formula is C47H35N3S. The Bertz CT molecular complexity index is 2630. The normalized spacial score (nSPS) is 24.2. The SMILES string of the molecule is c1ccc(-c2nc(-c3ccccc3)nc(-c3ccc4c(c3)C3(c5ccc6c(sc7c8ccccc8ccc67)c5-4)C4CC5CC(C4)CC3C5)n2)cc1. The summed E-state index contributed by atoms with van der Waals surface area (Å²) in [5.74, 6) is 5.30. The lowest BCUT2D eigenvalue weighted by Crippen LogP contribution is -2.55.